The van der Waals surface area contributed by atoms with Crippen molar-refractivity contribution in [3.63, 3.8) is 0 Å². The van der Waals surface area contributed by atoms with Crippen LogP contribution in [0.2, 0.25) is 0 Å². The second-order valence-corrected chi connectivity index (χ2v) is 4.95. The monoisotopic (exact) mass is 255 g/mol. The van der Waals surface area contributed by atoms with Crippen molar-refractivity contribution < 1.29 is 0 Å². The van der Waals surface area contributed by atoms with Crippen LogP contribution < -0.4 is 5.32 Å². The van der Waals surface area contributed by atoms with E-state index in [9.17, 15) is 0 Å². The van der Waals surface area contributed by atoms with E-state index < -0.39 is 0 Å². The van der Waals surface area contributed by atoms with Crippen molar-refractivity contribution in [2.45, 2.75) is 13.3 Å². The van der Waals surface area contributed by atoms with E-state index in [0.717, 1.165) is 28.1 Å². The van der Waals surface area contributed by atoms with Crippen molar-refractivity contribution in [1.82, 2.24) is 9.97 Å². The maximum atomic E-state index is 4.32. The van der Waals surface area contributed by atoms with Crippen LogP contribution in [0.15, 0.2) is 42.0 Å². The third-order valence-electron chi connectivity index (χ3n) is 2.84. The molecule has 0 aliphatic rings. The molecular formula is C14H13N3S. The van der Waals surface area contributed by atoms with Gasteiger partial charge in [-0.15, -0.1) is 11.3 Å². The lowest BCUT2D eigenvalue weighted by Crippen LogP contribution is -1.95. The van der Waals surface area contributed by atoms with Crippen LogP contribution in [0.3, 0.4) is 0 Å². The lowest BCUT2D eigenvalue weighted by atomic mass is 10.1. The van der Waals surface area contributed by atoms with Crippen LogP contribution in [0.1, 0.15) is 12.5 Å². The van der Waals surface area contributed by atoms with Gasteiger partial charge in [0, 0.05) is 5.69 Å². The molecule has 90 valence electrons. The number of benzene rings is 1. The molecule has 4 heteroatoms. The number of rotatable bonds is 3. The third kappa shape index (κ3) is 2.07. The first-order valence-electron chi connectivity index (χ1n) is 5.91. The normalized spacial score (nSPS) is 10.7. The Morgan fingerprint density at radius 2 is 2.17 bits per heavy atom. The fourth-order valence-corrected chi connectivity index (χ4v) is 2.67. The Morgan fingerprint density at radius 1 is 1.22 bits per heavy atom. The molecule has 3 aromatic rings. The molecule has 0 aliphatic heterocycles. The minimum absolute atomic E-state index is 0.878. The second-order valence-electron chi connectivity index (χ2n) is 4.04. The molecule has 0 aliphatic carbocycles. The Hall–Kier alpha value is -1.94. The number of nitrogens with one attached hydrogen (secondary N) is 1. The Labute approximate surface area is 110 Å². The molecule has 0 fully saturated rings. The molecule has 2 aromatic heterocycles. The summed E-state index contributed by atoms with van der Waals surface area (Å²) in [5, 5.41) is 5.40. The summed E-state index contributed by atoms with van der Waals surface area (Å²) in [6, 6.07) is 10.4. The van der Waals surface area contributed by atoms with Crippen molar-refractivity contribution in [3.05, 3.63) is 47.6 Å². The zero-order valence-corrected chi connectivity index (χ0v) is 10.9. The predicted molar refractivity (Wildman–Crippen MR) is 76.5 cm³/mol. The first kappa shape index (κ1) is 11.2. The van der Waals surface area contributed by atoms with Crippen LogP contribution in [-0.2, 0) is 6.42 Å². The summed E-state index contributed by atoms with van der Waals surface area (Å²) in [7, 11) is 0. The molecule has 2 heterocycles. The van der Waals surface area contributed by atoms with E-state index in [1.54, 1.807) is 17.7 Å². The molecule has 0 bridgehead atoms. The van der Waals surface area contributed by atoms with E-state index in [0.29, 0.717) is 0 Å². The summed E-state index contributed by atoms with van der Waals surface area (Å²) in [5.74, 6) is 0.878. The average molecular weight is 255 g/mol. The average Bonchev–Trinajstić information content (AvgIpc) is 2.88. The number of hydrogen-bond donors (Lipinski definition) is 1. The quantitative estimate of drug-likeness (QED) is 0.768. The van der Waals surface area contributed by atoms with Crippen LogP contribution in [0.5, 0.6) is 0 Å². The summed E-state index contributed by atoms with van der Waals surface area (Å²) < 4.78 is 1.10. The minimum atomic E-state index is 0.878. The van der Waals surface area contributed by atoms with E-state index >= 15 is 0 Å². The van der Waals surface area contributed by atoms with Gasteiger partial charge in [-0.2, -0.15) is 0 Å². The van der Waals surface area contributed by atoms with Crippen molar-refractivity contribution in [3.8, 4) is 0 Å². The number of thiophene rings is 1. The van der Waals surface area contributed by atoms with Gasteiger partial charge in [0.1, 0.15) is 6.33 Å². The van der Waals surface area contributed by atoms with E-state index in [-0.39, 0.29) is 0 Å². The van der Waals surface area contributed by atoms with Gasteiger partial charge in [0.25, 0.3) is 0 Å². The molecule has 0 saturated heterocycles. The van der Waals surface area contributed by atoms with Crippen molar-refractivity contribution in [2.75, 3.05) is 5.32 Å². The van der Waals surface area contributed by atoms with Crippen LogP contribution >= 0.6 is 11.3 Å². The smallest absolute Gasteiger partial charge is 0.151 e. The number of aryl methyl sites for hydroxylation is 1. The van der Waals surface area contributed by atoms with Gasteiger partial charge < -0.3 is 5.32 Å². The molecule has 0 radical (unpaired) electrons. The number of aromatic nitrogens is 2. The van der Waals surface area contributed by atoms with Crippen LogP contribution in [0, 0.1) is 0 Å². The van der Waals surface area contributed by atoms with Gasteiger partial charge in [-0.25, -0.2) is 9.97 Å². The molecular weight excluding hydrogens is 242 g/mol. The maximum Gasteiger partial charge on any atom is 0.151 e. The van der Waals surface area contributed by atoms with Crippen molar-refractivity contribution in [1.29, 1.82) is 0 Å². The molecule has 18 heavy (non-hydrogen) atoms. The molecule has 0 atom stereocenters. The summed E-state index contributed by atoms with van der Waals surface area (Å²) in [6.45, 7) is 2.15. The Bertz CT molecular complexity index is 675. The molecule has 1 N–H and O–H groups in total. The summed E-state index contributed by atoms with van der Waals surface area (Å²) in [5.41, 5.74) is 3.38. The first-order chi connectivity index (χ1) is 8.86. The molecule has 0 unspecified atom stereocenters. The van der Waals surface area contributed by atoms with Gasteiger partial charge in [-0.05, 0) is 35.6 Å². The van der Waals surface area contributed by atoms with Gasteiger partial charge >= 0.3 is 0 Å². The molecule has 3 rings (SSSR count). The number of anilines is 2. The summed E-state index contributed by atoms with van der Waals surface area (Å²) >= 11 is 1.66. The van der Waals surface area contributed by atoms with Gasteiger partial charge in [-0.3, -0.25) is 0 Å². The minimum Gasteiger partial charge on any atom is -0.339 e. The first-order valence-corrected chi connectivity index (χ1v) is 6.79. The second kappa shape index (κ2) is 4.74. The van der Waals surface area contributed by atoms with E-state index in [4.69, 9.17) is 0 Å². The third-order valence-corrected chi connectivity index (χ3v) is 3.75. The van der Waals surface area contributed by atoms with Gasteiger partial charge in [0.05, 0.1) is 10.2 Å². The van der Waals surface area contributed by atoms with Crippen LogP contribution in [0.4, 0.5) is 11.5 Å². The topological polar surface area (TPSA) is 37.8 Å². The van der Waals surface area contributed by atoms with Gasteiger partial charge in [0.2, 0.25) is 0 Å². The standard InChI is InChI=1S/C14H13N3S/c1-2-10-4-3-5-11(8-10)17-14-13-12(6-7-18-13)15-9-16-14/h3-9H,2H2,1H3,(H,15,16,17). The van der Waals surface area contributed by atoms with E-state index in [1.165, 1.54) is 5.56 Å². The highest BCUT2D eigenvalue weighted by molar-refractivity contribution is 7.17. The van der Waals surface area contributed by atoms with Gasteiger partial charge in [-0.1, -0.05) is 19.1 Å². The maximum absolute atomic E-state index is 4.32. The fourth-order valence-electron chi connectivity index (χ4n) is 1.88. The highest BCUT2D eigenvalue weighted by Gasteiger charge is 2.05. The number of nitrogens with zero attached hydrogens (tertiary/aromatic N) is 2. The van der Waals surface area contributed by atoms with Crippen LogP contribution in [0.25, 0.3) is 10.2 Å². The highest BCUT2D eigenvalue weighted by Crippen LogP contribution is 2.27. The fraction of sp³-hybridized carbons (Fsp3) is 0.143. The zero-order valence-electron chi connectivity index (χ0n) is 10.1. The summed E-state index contributed by atoms with van der Waals surface area (Å²) in [6.07, 6.45) is 2.63. The van der Waals surface area contributed by atoms with E-state index in [1.807, 2.05) is 11.4 Å². The molecule has 0 spiro atoms. The van der Waals surface area contributed by atoms with Crippen molar-refractivity contribution >= 4 is 33.1 Å². The molecule has 1 aromatic carbocycles. The Morgan fingerprint density at radius 3 is 3.06 bits per heavy atom. The number of hydrogen-bond acceptors (Lipinski definition) is 4. The molecule has 0 amide bonds. The number of fused-ring (bicyclic) bond motifs is 1. The van der Waals surface area contributed by atoms with Crippen molar-refractivity contribution in [2.24, 2.45) is 0 Å². The molecule has 0 saturated carbocycles. The Kier molecular flexibility index (Phi) is 2.94. The molecule has 3 nitrogen and oxygen atoms in total. The summed E-state index contributed by atoms with van der Waals surface area (Å²) in [4.78, 5) is 8.55. The zero-order chi connectivity index (χ0) is 12.4. The lowest BCUT2D eigenvalue weighted by molar-refractivity contribution is 1.14. The lowest BCUT2D eigenvalue weighted by Gasteiger charge is -2.07. The van der Waals surface area contributed by atoms with Crippen LogP contribution in [-0.4, -0.2) is 9.97 Å². The van der Waals surface area contributed by atoms with Gasteiger partial charge in [0.15, 0.2) is 5.82 Å². The largest absolute Gasteiger partial charge is 0.339 e. The van der Waals surface area contributed by atoms with E-state index in [2.05, 4.69) is 46.5 Å². The SMILES string of the molecule is CCc1cccc(Nc2ncnc3ccsc23)c1. The Balaban J connectivity index is 1.98. The predicted octanol–water partition coefficient (Wildman–Crippen LogP) is 4.00. The highest BCUT2D eigenvalue weighted by atomic mass is 32.1.